The van der Waals surface area contributed by atoms with Crippen molar-refractivity contribution in [3.05, 3.63) is 33.4 Å². The van der Waals surface area contributed by atoms with Crippen LogP contribution in [0.4, 0.5) is 4.79 Å². The maximum atomic E-state index is 10.8. The number of hydrogen-bond acceptors (Lipinski definition) is 4. The Hall–Kier alpha value is -0.860. The highest BCUT2D eigenvalue weighted by atomic mass is 127. The first-order chi connectivity index (χ1) is 8.54. The van der Waals surface area contributed by atoms with Gasteiger partial charge < -0.3 is 19.9 Å². The summed E-state index contributed by atoms with van der Waals surface area (Å²) in [6, 6.07) is 7.75. The van der Waals surface area contributed by atoms with Gasteiger partial charge in [-0.3, -0.25) is 0 Å². The molecule has 0 aliphatic heterocycles. The number of carbonyl (C=O) groups is 1. The number of amides is 1. The minimum atomic E-state index is -0.820. The lowest BCUT2D eigenvalue weighted by Gasteiger charge is -2.24. The molecule has 0 aliphatic carbocycles. The van der Waals surface area contributed by atoms with E-state index in [-0.39, 0.29) is 6.79 Å². The molecular formula is C12H16INO4. The molecule has 1 aromatic rings. The molecule has 1 rings (SSSR count). The molecule has 0 saturated carbocycles. The average molecular weight is 365 g/mol. The van der Waals surface area contributed by atoms with Crippen LogP contribution in [-0.4, -0.2) is 26.1 Å². The standard InChI is InChI=1S/C12H16INO4/c1-8(18-12(14)15)11(17-7-16-2)9-4-3-5-10(13)6-9/h3-6,8,11H,7H2,1-2H3,(H2,14,15). The maximum absolute atomic E-state index is 10.8. The third-order valence-electron chi connectivity index (χ3n) is 2.27. The third-order valence-corrected chi connectivity index (χ3v) is 2.94. The van der Waals surface area contributed by atoms with Gasteiger partial charge in [0.05, 0.1) is 0 Å². The van der Waals surface area contributed by atoms with E-state index in [1.807, 2.05) is 24.3 Å². The van der Waals surface area contributed by atoms with Crippen molar-refractivity contribution < 1.29 is 19.0 Å². The van der Waals surface area contributed by atoms with Crippen LogP contribution in [0.3, 0.4) is 0 Å². The Morgan fingerprint density at radius 3 is 2.78 bits per heavy atom. The first-order valence-electron chi connectivity index (χ1n) is 5.36. The van der Waals surface area contributed by atoms with Gasteiger partial charge in [-0.05, 0) is 47.2 Å². The van der Waals surface area contributed by atoms with E-state index in [1.165, 1.54) is 7.11 Å². The summed E-state index contributed by atoms with van der Waals surface area (Å²) in [5, 5.41) is 0. The zero-order valence-electron chi connectivity index (χ0n) is 10.3. The quantitative estimate of drug-likeness (QED) is 0.621. The van der Waals surface area contributed by atoms with Crippen LogP contribution in [0.5, 0.6) is 0 Å². The average Bonchev–Trinajstić information content (AvgIpc) is 2.28. The molecule has 5 nitrogen and oxygen atoms in total. The third kappa shape index (κ3) is 4.79. The molecule has 0 heterocycles. The van der Waals surface area contributed by atoms with E-state index in [0.717, 1.165) is 9.13 Å². The summed E-state index contributed by atoms with van der Waals surface area (Å²) in [6.07, 6.45) is -1.72. The first-order valence-corrected chi connectivity index (χ1v) is 6.44. The van der Waals surface area contributed by atoms with Crippen molar-refractivity contribution in [2.24, 2.45) is 5.73 Å². The molecule has 2 unspecified atom stereocenters. The van der Waals surface area contributed by atoms with Crippen LogP contribution in [0.1, 0.15) is 18.6 Å². The number of halogens is 1. The van der Waals surface area contributed by atoms with Crippen molar-refractivity contribution in [2.45, 2.75) is 19.1 Å². The molecule has 0 saturated heterocycles. The van der Waals surface area contributed by atoms with Crippen molar-refractivity contribution in [1.82, 2.24) is 0 Å². The molecular weight excluding hydrogens is 349 g/mol. The molecule has 0 radical (unpaired) electrons. The summed E-state index contributed by atoms with van der Waals surface area (Å²) in [5.41, 5.74) is 5.93. The van der Waals surface area contributed by atoms with Gasteiger partial charge in [0.1, 0.15) is 19.0 Å². The van der Waals surface area contributed by atoms with Gasteiger partial charge in [-0.1, -0.05) is 12.1 Å². The number of ether oxygens (including phenoxy) is 3. The highest BCUT2D eigenvalue weighted by Gasteiger charge is 2.23. The van der Waals surface area contributed by atoms with Crippen LogP contribution >= 0.6 is 22.6 Å². The smallest absolute Gasteiger partial charge is 0.404 e. The Morgan fingerprint density at radius 1 is 1.50 bits per heavy atom. The Morgan fingerprint density at radius 2 is 2.22 bits per heavy atom. The minimum absolute atomic E-state index is 0.114. The minimum Gasteiger partial charge on any atom is -0.444 e. The molecule has 18 heavy (non-hydrogen) atoms. The highest BCUT2D eigenvalue weighted by Crippen LogP contribution is 2.24. The van der Waals surface area contributed by atoms with Crippen molar-refractivity contribution in [3.8, 4) is 0 Å². The predicted octanol–water partition coefficient (Wildman–Crippen LogP) is 2.44. The lowest BCUT2D eigenvalue weighted by molar-refractivity contribution is -0.111. The second-order valence-electron chi connectivity index (χ2n) is 3.69. The normalized spacial score (nSPS) is 13.9. The number of hydrogen-bond donors (Lipinski definition) is 1. The molecule has 0 aromatic heterocycles. The fraction of sp³-hybridized carbons (Fsp3) is 0.417. The van der Waals surface area contributed by atoms with Crippen LogP contribution in [-0.2, 0) is 14.2 Å². The summed E-state index contributed by atoms with van der Waals surface area (Å²) in [5.74, 6) is 0. The van der Waals surface area contributed by atoms with Crippen molar-refractivity contribution >= 4 is 28.7 Å². The van der Waals surface area contributed by atoms with E-state index in [4.69, 9.17) is 19.9 Å². The summed E-state index contributed by atoms with van der Waals surface area (Å²) in [6.45, 7) is 1.84. The van der Waals surface area contributed by atoms with Crippen molar-refractivity contribution in [3.63, 3.8) is 0 Å². The van der Waals surface area contributed by atoms with E-state index in [2.05, 4.69) is 22.6 Å². The van der Waals surface area contributed by atoms with E-state index < -0.39 is 18.3 Å². The van der Waals surface area contributed by atoms with Gasteiger partial charge in [0.15, 0.2) is 0 Å². The van der Waals surface area contributed by atoms with Crippen LogP contribution < -0.4 is 5.73 Å². The van der Waals surface area contributed by atoms with Crippen LogP contribution in [0.2, 0.25) is 0 Å². The lowest BCUT2D eigenvalue weighted by Crippen LogP contribution is -2.28. The van der Waals surface area contributed by atoms with E-state index in [0.29, 0.717) is 0 Å². The monoisotopic (exact) mass is 365 g/mol. The zero-order chi connectivity index (χ0) is 13.5. The predicted molar refractivity (Wildman–Crippen MR) is 75.0 cm³/mol. The molecule has 0 spiro atoms. The van der Waals surface area contributed by atoms with Gasteiger partial charge in [-0.25, -0.2) is 4.79 Å². The summed E-state index contributed by atoms with van der Waals surface area (Å²) >= 11 is 2.21. The number of carbonyl (C=O) groups excluding carboxylic acids is 1. The number of methoxy groups -OCH3 is 1. The van der Waals surface area contributed by atoms with Crippen LogP contribution in [0.15, 0.2) is 24.3 Å². The Balaban J connectivity index is 2.86. The SMILES string of the molecule is COCOC(c1cccc(I)c1)C(C)OC(N)=O. The van der Waals surface area contributed by atoms with Gasteiger partial charge in [-0.2, -0.15) is 0 Å². The Kier molecular flexibility index (Phi) is 6.37. The van der Waals surface area contributed by atoms with Gasteiger partial charge in [0, 0.05) is 10.7 Å². The molecule has 1 amide bonds. The van der Waals surface area contributed by atoms with Gasteiger partial charge in [0.25, 0.3) is 0 Å². The second kappa shape index (κ2) is 7.55. The maximum Gasteiger partial charge on any atom is 0.404 e. The fourth-order valence-corrected chi connectivity index (χ4v) is 2.14. The molecule has 0 aliphatic rings. The Labute approximate surface area is 120 Å². The van der Waals surface area contributed by atoms with Crippen LogP contribution in [0.25, 0.3) is 0 Å². The molecule has 100 valence electrons. The molecule has 0 fully saturated rings. The number of rotatable bonds is 6. The fourth-order valence-electron chi connectivity index (χ4n) is 1.57. The topological polar surface area (TPSA) is 70.8 Å². The van der Waals surface area contributed by atoms with E-state index in [9.17, 15) is 4.79 Å². The van der Waals surface area contributed by atoms with Gasteiger partial charge in [0.2, 0.25) is 0 Å². The number of nitrogens with two attached hydrogens (primary N) is 1. The summed E-state index contributed by atoms with van der Waals surface area (Å²) in [7, 11) is 1.53. The largest absolute Gasteiger partial charge is 0.444 e. The number of primary amides is 1. The molecule has 2 N–H and O–H groups in total. The summed E-state index contributed by atoms with van der Waals surface area (Å²) < 4.78 is 16.5. The highest BCUT2D eigenvalue weighted by molar-refractivity contribution is 14.1. The van der Waals surface area contributed by atoms with Gasteiger partial charge >= 0.3 is 6.09 Å². The first kappa shape index (κ1) is 15.2. The summed E-state index contributed by atoms with van der Waals surface area (Å²) in [4.78, 5) is 10.8. The van der Waals surface area contributed by atoms with E-state index >= 15 is 0 Å². The zero-order valence-corrected chi connectivity index (χ0v) is 12.4. The molecule has 2 atom stereocenters. The van der Waals surface area contributed by atoms with E-state index in [1.54, 1.807) is 6.92 Å². The lowest BCUT2D eigenvalue weighted by atomic mass is 10.1. The van der Waals surface area contributed by atoms with Crippen molar-refractivity contribution in [1.29, 1.82) is 0 Å². The number of benzene rings is 1. The molecule has 6 heteroatoms. The molecule has 0 bridgehead atoms. The Bertz CT molecular complexity index is 399. The molecule has 1 aromatic carbocycles. The van der Waals surface area contributed by atoms with Crippen molar-refractivity contribution in [2.75, 3.05) is 13.9 Å². The van der Waals surface area contributed by atoms with Crippen LogP contribution in [0, 0.1) is 3.57 Å². The second-order valence-corrected chi connectivity index (χ2v) is 4.94. The van der Waals surface area contributed by atoms with Gasteiger partial charge in [-0.15, -0.1) is 0 Å².